The van der Waals surface area contributed by atoms with Crippen LogP contribution in [0.4, 0.5) is 0 Å². The zero-order valence-corrected chi connectivity index (χ0v) is 17.0. The zero-order chi connectivity index (χ0) is 20.1. The summed E-state index contributed by atoms with van der Waals surface area (Å²) in [5.41, 5.74) is 1.99. The van der Waals surface area contributed by atoms with Crippen molar-refractivity contribution >= 4 is 11.8 Å². The van der Waals surface area contributed by atoms with Crippen LogP contribution in [0.25, 0.3) is 0 Å². The molecule has 7 nitrogen and oxygen atoms in total. The van der Waals surface area contributed by atoms with Gasteiger partial charge >= 0.3 is 0 Å². The van der Waals surface area contributed by atoms with Gasteiger partial charge in [-0.25, -0.2) is 4.98 Å². The number of carbonyl (C=O) groups excluding carboxylic acids is 2. The van der Waals surface area contributed by atoms with Crippen molar-refractivity contribution < 1.29 is 14.0 Å². The van der Waals surface area contributed by atoms with Crippen LogP contribution in [0.1, 0.15) is 64.5 Å². The van der Waals surface area contributed by atoms with Gasteiger partial charge in [0.25, 0.3) is 11.8 Å². The molecule has 28 heavy (non-hydrogen) atoms. The van der Waals surface area contributed by atoms with Crippen LogP contribution in [-0.4, -0.2) is 44.9 Å². The van der Waals surface area contributed by atoms with Crippen LogP contribution in [0.2, 0.25) is 0 Å². The Morgan fingerprint density at radius 3 is 2.79 bits per heavy atom. The fourth-order valence-corrected chi connectivity index (χ4v) is 4.74. The van der Waals surface area contributed by atoms with Gasteiger partial charge in [-0.3, -0.25) is 9.59 Å². The van der Waals surface area contributed by atoms with Crippen LogP contribution in [0.3, 0.4) is 0 Å². The van der Waals surface area contributed by atoms with E-state index in [2.05, 4.69) is 10.3 Å². The molecule has 2 atom stereocenters. The molecule has 150 valence electrons. The molecule has 0 spiro atoms. The first-order valence-electron chi connectivity index (χ1n) is 10.0. The first-order chi connectivity index (χ1) is 13.3. The summed E-state index contributed by atoms with van der Waals surface area (Å²) in [5.74, 6) is 0.948. The Balaban J connectivity index is 1.54. The second kappa shape index (κ2) is 6.79. The van der Waals surface area contributed by atoms with E-state index in [1.165, 1.54) is 0 Å². The number of amides is 2. The average Bonchev–Trinajstić information content (AvgIpc) is 3.38. The van der Waals surface area contributed by atoms with E-state index in [9.17, 15) is 9.59 Å². The first-order valence-corrected chi connectivity index (χ1v) is 10.0. The predicted molar refractivity (Wildman–Crippen MR) is 104 cm³/mol. The number of likely N-dealkylation sites (tertiary alicyclic amines) is 1. The smallest absolute Gasteiger partial charge is 0.289 e. The van der Waals surface area contributed by atoms with E-state index in [1.54, 1.807) is 6.92 Å². The number of fused-ring (bicyclic) bond motifs is 1. The van der Waals surface area contributed by atoms with Gasteiger partial charge in [-0.05, 0) is 38.8 Å². The largest absolute Gasteiger partial charge is 0.435 e. The first kappa shape index (κ1) is 18.8. The highest BCUT2D eigenvalue weighted by Gasteiger charge is 2.52. The van der Waals surface area contributed by atoms with Crippen molar-refractivity contribution in [2.24, 2.45) is 13.0 Å². The molecule has 0 bridgehead atoms. The number of nitrogens with one attached hydrogen (secondary N) is 1. The summed E-state index contributed by atoms with van der Waals surface area (Å²) < 4.78 is 7.56. The highest BCUT2D eigenvalue weighted by molar-refractivity contribution is 5.94. The number of hydrogen-bond acceptors (Lipinski definition) is 4. The van der Waals surface area contributed by atoms with E-state index in [4.69, 9.17) is 4.42 Å². The van der Waals surface area contributed by atoms with Gasteiger partial charge in [0, 0.05) is 38.2 Å². The summed E-state index contributed by atoms with van der Waals surface area (Å²) in [4.78, 5) is 32.2. The lowest BCUT2D eigenvalue weighted by Gasteiger charge is -2.30. The third-order valence-corrected chi connectivity index (χ3v) is 6.46. The number of nitrogens with zero attached hydrogens (tertiary/aromatic N) is 3. The summed E-state index contributed by atoms with van der Waals surface area (Å²) in [6, 6.07) is 3.83. The summed E-state index contributed by atoms with van der Waals surface area (Å²) in [6.45, 7) is 6.95. The summed E-state index contributed by atoms with van der Waals surface area (Å²) >= 11 is 0. The van der Waals surface area contributed by atoms with Crippen molar-refractivity contribution in [3.8, 4) is 0 Å². The van der Waals surface area contributed by atoms with E-state index in [0.29, 0.717) is 42.5 Å². The van der Waals surface area contributed by atoms with Gasteiger partial charge in [0.2, 0.25) is 5.76 Å². The Bertz CT molecular complexity index is 928. The van der Waals surface area contributed by atoms with E-state index in [-0.39, 0.29) is 23.3 Å². The Hall–Kier alpha value is -2.57. The number of aromatic nitrogens is 2. The van der Waals surface area contributed by atoms with Crippen LogP contribution < -0.4 is 5.32 Å². The average molecular weight is 384 g/mol. The molecule has 2 aliphatic rings. The summed E-state index contributed by atoms with van der Waals surface area (Å²) in [6.07, 6.45) is 3.62. The van der Waals surface area contributed by atoms with Gasteiger partial charge in [0.05, 0.1) is 11.2 Å². The van der Waals surface area contributed by atoms with Crippen molar-refractivity contribution in [2.45, 2.75) is 52.0 Å². The Morgan fingerprint density at radius 2 is 2.14 bits per heavy atom. The number of rotatable bonds is 4. The van der Waals surface area contributed by atoms with Gasteiger partial charge < -0.3 is 19.2 Å². The molecule has 1 aliphatic carbocycles. The molecule has 1 saturated heterocycles. The number of hydrogen-bond donors (Lipinski definition) is 1. The van der Waals surface area contributed by atoms with Crippen LogP contribution >= 0.6 is 0 Å². The van der Waals surface area contributed by atoms with Gasteiger partial charge in [0.1, 0.15) is 5.69 Å². The molecule has 1 N–H and O–H groups in total. The van der Waals surface area contributed by atoms with Gasteiger partial charge in [-0.15, -0.1) is 0 Å². The zero-order valence-electron chi connectivity index (χ0n) is 17.0. The standard InChI is InChI=1S/C21H28N4O3/c1-5-17-22-14(3)18(28-17)19(26)23-21-10-6-7-15(21)11-25(12-21)20(27)16-9-8-13(2)24(16)4/h8-9,15H,5-7,10-12H2,1-4H3,(H,23,26)/t15-,21-/m0/s1. The van der Waals surface area contributed by atoms with E-state index in [0.717, 1.165) is 25.0 Å². The normalized spacial score (nSPS) is 23.9. The lowest BCUT2D eigenvalue weighted by Crippen LogP contribution is -2.52. The quantitative estimate of drug-likeness (QED) is 0.879. The van der Waals surface area contributed by atoms with Crippen LogP contribution in [-0.2, 0) is 13.5 Å². The van der Waals surface area contributed by atoms with Crippen LogP contribution in [0.5, 0.6) is 0 Å². The van der Waals surface area contributed by atoms with E-state index < -0.39 is 0 Å². The SMILES string of the molecule is CCc1nc(C)c(C(=O)N[C@]23CCC[C@H]2CN(C(=O)c2ccc(C)n2C)C3)o1. The molecule has 3 heterocycles. The highest BCUT2D eigenvalue weighted by Crippen LogP contribution is 2.42. The molecule has 2 aromatic rings. The predicted octanol–water partition coefficient (Wildman–Crippen LogP) is 2.62. The van der Waals surface area contributed by atoms with Gasteiger partial charge in [-0.1, -0.05) is 13.3 Å². The molecular formula is C21H28N4O3. The molecule has 2 aromatic heterocycles. The third-order valence-electron chi connectivity index (χ3n) is 6.46. The van der Waals surface area contributed by atoms with Crippen molar-refractivity contribution in [1.82, 2.24) is 19.8 Å². The van der Waals surface area contributed by atoms with Crippen molar-refractivity contribution in [2.75, 3.05) is 13.1 Å². The molecule has 7 heteroatoms. The molecular weight excluding hydrogens is 356 g/mol. The van der Waals surface area contributed by atoms with Crippen LogP contribution in [0.15, 0.2) is 16.5 Å². The maximum Gasteiger partial charge on any atom is 0.289 e. The molecule has 0 unspecified atom stereocenters. The van der Waals surface area contributed by atoms with Crippen molar-refractivity contribution in [3.05, 3.63) is 40.9 Å². The lowest BCUT2D eigenvalue weighted by molar-refractivity contribution is 0.0750. The lowest BCUT2D eigenvalue weighted by atomic mass is 9.90. The monoisotopic (exact) mass is 384 g/mol. The second-order valence-corrected chi connectivity index (χ2v) is 8.18. The summed E-state index contributed by atoms with van der Waals surface area (Å²) in [7, 11) is 1.91. The second-order valence-electron chi connectivity index (χ2n) is 8.18. The molecule has 2 amide bonds. The Morgan fingerprint density at radius 1 is 1.36 bits per heavy atom. The molecule has 2 fully saturated rings. The minimum atomic E-state index is -0.376. The third kappa shape index (κ3) is 2.93. The van der Waals surface area contributed by atoms with Gasteiger partial charge in [0.15, 0.2) is 5.89 Å². The molecule has 4 rings (SSSR count). The Kier molecular flexibility index (Phi) is 4.56. The number of oxazole rings is 1. The maximum atomic E-state index is 13.1. The number of carbonyl (C=O) groups is 2. The van der Waals surface area contributed by atoms with Crippen molar-refractivity contribution in [3.63, 3.8) is 0 Å². The Labute approximate surface area is 165 Å². The fourth-order valence-electron chi connectivity index (χ4n) is 4.74. The molecule has 1 saturated carbocycles. The molecule has 1 aliphatic heterocycles. The molecule has 0 radical (unpaired) electrons. The van der Waals surface area contributed by atoms with E-state index >= 15 is 0 Å². The molecule has 0 aromatic carbocycles. The highest BCUT2D eigenvalue weighted by atomic mass is 16.4. The maximum absolute atomic E-state index is 13.1. The number of aryl methyl sites for hydroxylation is 3. The van der Waals surface area contributed by atoms with Crippen LogP contribution in [0, 0.1) is 19.8 Å². The minimum Gasteiger partial charge on any atom is -0.435 e. The topological polar surface area (TPSA) is 80.4 Å². The van der Waals surface area contributed by atoms with Crippen molar-refractivity contribution in [1.29, 1.82) is 0 Å². The van der Waals surface area contributed by atoms with Gasteiger partial charge in [-0.2, -0.15) is 0 Å². The fraction of sp³-hybridized carbons (Fsp3) is 0.571. The minimum absolute atomic E-state index is 0.0303. The summed E-state index contributed by atoms with van der Waals surface area (Å²) in [5, 5.41) is 3.23. The van der Waals surface area contributed by atoms with E-state index in [1.807, 2.05) is 42.5 Å².